The molecule has 0 spiro atoms. The molecule has 1 unspecified atom stereocenters. The number of carbonyl (C=O) groups is 2. The van der Waals surface area contributed by atoms with Gasteiger partial charge in [-0.2, -0.15) is 5.26 Å². The third kappa shape index (κ3) is 2.64. The van der Waals surface area contributed by atoms with E-state index in [0.717, 1.165) is 0 Å². The van der Waals surface area contributed by atoms with Gasteiger partial charge in [0.1, 0.15) is 0 Å². The first-order chi connectivity index (χ1) is 7.19. The van der Waals surface area contributed by atoms with E-state index in [9.17, 15) is 9.59 Å². The van der Waals surface area contributed by atoms with E-state index in [1.807, 2.05) is 6.07 Å². The Kier molecular flexibility index (Phi) is 3.58. The second kappa shape index (κ2) is 4.91. The summed E-state index contributed by atoms with van der Waals surface area (Å²) in [6.45, 7) is 1.61. The predicted molar refractivity (Wildman–Crippen MR) is 54.1 cm³/mol. The smallest absolute Gasteiger partial charge is 0.207 e. The van der Waals surface area contributed by atoms with Gasteiger partial charge in [0.2, 0.25) is 6.41 Å². The number of nitrogens with one attached hydrogen (secondary N) is 1. The molecule has 0 heterocycles. The number of hydrogen-bond acceptors (Lipinski definition) is 3. The summed E-state index contributed by atoms with van der Waals surface area (Å²) in [4.78, 5) is 21.8. The third-order valence-corrected chi connectivity index (χ3v) is 2.01. The average Bonchev–Trinajstić information content (AvgIpc) is 2.28. The first kappa shape index (κ1) is 10.9. The van der Waals surface area contributed by atoms with Crippen molar-refractivity contribution >= 4 is 12.2 Å². The number of ketones is 1. The lowest BCUT2D eigenvalue weighted by molar-refractivity contribution is -0.109. The molecule has 0 saturated heterocycles. The van der Waals surface area contributed by atoms with Crippen LogP contribution in [-0.4, -0.2) is 18.2 Å². The Hall–Kier alpha value is -2.15. The van der Waals surface area contributed by atoms with Crippen LogP contribution in [0.2, 0.25) is 0 Å². The van der Waals surface area contributed by atoms with Crippen LogP contribution in [0.15, 0.2) is 24.3 Å². The topological polar surface area (TPSA) is 70.0 Å². The van der Waals surface area contributed by atoms with Crippen LogP contribution in [0.1, 0.15) is 22.8 Å². The molecule has 15 heavy (non-hydrogen) atoms. The minimum Gasteiger partial charge on any atom is -0.349 e. The van der Waals surface area contributed by atoms with Crippen molar-refractivity contribution in [2.24, 2.45) is 0 Å². The highest BCUT2D eigenvalue weighted by Crippen LogP contribution is 2.06. The Morgan fingerprint density at radius 2 is 2.07 bits per heavy atom. The molecule has 0 bridgehead atoms. The van der Waals surface area contributed by atoms with Crippen LogP contribution in [0, 0.1) is 11.3 Å². The summed E-state index contributed by atoms with van der Waals surface area (Å²) in [5.74, 6) is -0.174. The minimum atomic E-state index is -0.546. The van der Waals surface area contributed by atoms with Crippen LogP contribution in [0.3, 0.4) is 0 Å². The molecule has 0 fully saturated rings. The van der Waals surface area contributed by atoms with Gasteiger partial charge in [-0.1, -0.05) is 12.1 Å². The Bertz CT molecular complexity index is 404. The molecule has 4 heteroatoms. The molecular formula is C11H10N2O2. The molecular weight excluding hydrogens is 192 g/mol. The quantitative estimate of drug-likeness (QED) is 0.582. The second-order valence-electron chi connectivity index (χ2n) is 3.06. The number of nitrogens with zero attached hydrogens (tertiary/aromatic N) is 1. The first-order valence-electron chi connectivity index (χ1n) is 4.43. The Balaban J connectivity index is 2.83. The van der Waals surface area contributed by atoms with Gasteiger partial charge in [0.05, 0.1) is 17.7 Å². The fourth-order valence-corrected chi connectivity index (χ4v) is 1.14. The maximum absolute atomic E-state index is 11.6. The molecule has 1 atom stereocenters. The second-order valence-corrected chi connectivity index (χ2v) is 3.06. The summed E-state index contributed by atoms with van der Waals surface area (Å²) in [7, 11) is 0. The zero-order chi connectivity index (χ0) is 11.3. The number of Topliss-reactive ketones (excluding diaryl/α,β-unsaturated/α-hetero) is 1. The van der Waals surface area contributed by atoms with Crippen molar-refractivity contribution in [1.82, 2.24) is 5.32 Å². The molecule has 0 saturated carbocycles. The van der Waals surface area contributed by atoms with E-state index >= 15 is 0 Å². The van der Waals surface area contributed by atoms with Crippen molar-refractivity contribution in [3.8, 4) is 6.07 Å². The van der Waals surface area contributed by atoms with Crippen molar-refractivity contribution in [1.29, 1.82) is 5.26 Å². The summed E-state index contributed by atoms with van der Waals surface area (Å²) in [5.41, 5.74) is 0.985. The van der Waals surface area contributed by atoms with Gasteiger partial charge in [-0.05, 0) is 19.1 Å². The standard InChI is InChI=1S/C11H10N2O2/c1-8(13-7-14)11(15)10-4-2-9(6-12)3-5-10/h2-5,7-8H,1H3,(H,13,14). The van der Waals surface area contributed by atoms with Crippen LogP contribution in [0.5, 0.6) is 0 Å². The van der Waals surface area contributed by atoms with Gasteiger partial charge < -0.3 is 5.32 Å². The zero-order valence-electron chi connectivity index (χ0n) is 8.23. The molecule has 0 aliphatic carbocycles. The molecule has 4 nitrogen and oxygen atoms in total. The molecule has 1 aromatic carbocycles. The van der Waals surface area contributed by atoms with E-state index in [1.54, 1.807) is 31.2 Å². The lowest BCUT2D eigenvalue weighted by Gasteiger charge is -2.08. The number of hydrogen-bond donors (Lipinski definition) is 1. The van der Waals surface area contributed by atoms with Gasteiger partial charge >= 0.3 is 0 Å². The molecule has 76 valence electrons. The maximum atomic E-state index is 11.6. The molecule has 0 aliphatic heterocycles. The maximum Gasteiger partial charge on any atom is 0.207 e. The number of benzene rings is 1. The molecule has 0 aliphatic rings. The molecule has 0 radical (unpaired) electrons. The predicted octanol–water partition coefficient (Wildman–Crippen LogP) is 0.875. The average molecular weight is 202 g/mol. The van der Waals surface area contributed by atoms with E-state index in [0.29, 0.717) is 17.5 Å². The van der Waals surface area contributed by atoms with Crippen molar-refractivity contribution in [2.75, 3.05) is 0 Å². The van der Waals surface area contributed by atoms with E-state index in [4.69, 9.17) is 5.26 Å². The molecule has 1 amide bonds. The lowest BCUT2D eigenvalue weighted by atomic mass is 10.0. The van der Waals surface area contributed by atoms with Crippen molar-refractivity contribution in [2.45, 2.75) is 13.0 Å². The molecule has 1 aromatic rings. The highest BCUT2D eigenvalue weighted by molar-refractivity contribution is 6.00. The molecule has 0 aromatic heterocycles. The highest BCUT2D eigenvalue weighted by atomic mass is 16.1. The van der Waals surface area contributed by atoms with Gasteiger partial charge in [0, 0.05) is 5.56 Å². The Labute approximate surface area is 87.5 Å². The summed E-state index contributed by atoms with van der Waals surface area (Å²) in [5, 5.41) is 10.9. The van der Waals surface area contributed by atoms with E-state index in [1.165, 1.54) is 0 Å². The van der Waals surface area contributed by atoms with Crippen LogP contribution in [0.4, 0.5) is 0 Å². The van der Waals surface area contributed by atoms with E-state index < -0.39 is 6.04 Å². The summed E-state index contributed by atoms with van der Waals surface area (Å²) < 4.78 is 0. The van der Waals surface area contributed by atoms with Gasteiger partial charge in [-0.3, -0.25) is 9.59 Å². The van der Waals surface area contributed by atoms with Crippen molar-refractivity contribution < 1.29 is 9.59 Å². The summed E-state index contributed by atoms with van der Waals surface area (Å²) >= 11 is 0. The fraction of sp³-hybridized carbons (Fsp3) is 0.182. The number of carbonyl (C=O) groups excluding carboxylic acids is 2. The molecule has 1 rings (SSSR count). The number of nitriles is 1. The number of amides is 1. The van der Waals surface area contributed by atoms with E-state index in [2.05, 4.69) is 5.32 Å². The monoisotopic (exact) mass is 202 g/mol. The Morgan fingerprint density at radius 3 is 2.53 bits per heavy atom. The Morgan fingerprint density at radius 1 is 1.47 bits per heavy atom. The summed E-state index contributed by atoms with van der Waals surface area (Å²) in [6, 6.07) is 7.71. The summed E-state index contributed by atoms with van der Waals surface area (Å²) in [6.07, 6.45) is 0.492. The van der Waals surface area contributed by atoms with Crippen LogP contribution < -0.4 is 5.32 Å². The van der Waals surface area contributed by atoms with Gasteiger partial charge in [0.25, 0.3) is 0 Å². The SMILES string of the molecule is CC(NC=O)C(=O)c1ccc(C#N)cc1. The minimum absolute atomic E-state index is 0.174. The highest BCUT2D eigenvalue weighted by Gasteiger charge is 2.13. The normalized spacial score (nSPS) is 11.2. The van der Waals surface area contributed by atoms with E-state index in [-0.39, 0.29) is 5.78 Å². The number of rotatable bonds is 4. The van der Waals surface area contributed by atoms with Crippen molar-refractivity contribution in [3.05, 3.63) is 35.4 Å². The van der Waals surface area contributed by atoms with Crippen LogP contribution in [-0.2, 0) is 4.79 Å². The zero-order valence-corrected chi connectivity index (χ0v) is 8.23. The fourth-order valence-electron chi connectivity index (χ4n) is 1.14. The van der Waals surface area contributed by atoms with Gasteiger partial charge in [-0.25, -0.2) is 0 Å². The van der Waals surface area contributed by atoms with Gasteiger partial charge in [-0.15, -0.1) is 0 Å². The first-order valence-corrected chi connectivity index (χ1v) is 4.43. The van der Waals surface area contributed by atoms with Crippen LogP contribution >= 0.6 is 0 Å². The van der Waals surface area contributed by atoms with Crippen LogP contribution in [0.25, 0.3) is 0 Å². The van der Waals surface area contributed by atoms with Gasteiger partial charge in [0.15, 0.2) is 5.78 Å². The lowest BCUT2D eigenvalue weighted by Crippen LogP contribution is -2.32. The third-order valence-electron chi connectivity index (χ3n) is 2.01. The van der Waals surface area contributed by atoms with Crippen molar-refractivity contribution in [3.63, 3.8) is 0 Å². The largest absolute Gasteiger partial charge is 0.349 e. The molecule has 1 N–H and O–H groups in total.